The predicted octanol–water partition coefficient (Wildman–Crippen LogP) is 6.99. The minimum absolute atomic E-state index is 0.250. The molecular formula is C27H30N2O3S. The number of nitrogens with one attached hydrogen (secondary N) is 2. The number of urea groups is 1. The molecule has 3 rings (SSSR count). The van der Waals surface area contributed by atoms with Gasteiger partial charge in [-0.1, -0.05) is 60.7 Å². The number of allylic oxidation sites excluding steroid dienone is 1. The van der Waals surface area contributed by atoms with Gasteiger partial charge in [0.1, 0.15) is 10.6 Å². The van der Waals surface area contributed by atoms with Crippen LogP contribution in [-0.4, -0.2) is 18.6 Å². The molecule has 0 saturated heterocycles. The van der Waals surface area contributed by atoms with E-state index in [0.717, 1.165) is 32.7 Å². The summed E-state index contributed by atoms with van der Waals surface area (Å²) in [4.78, 5) is 26.8. The Morgan fingerprint density at radius 1 is 1.09 bits per heavy atom. The molecule has 0 radical (unpaired) electrons. The molecule has 0 spiro atoms. The molecule has 0 aliphatic carbocycles. The molecule has 1 aromatic heterocycles. The molecule has 33 heavy (non-hydrogen) atoms. The average molecular weight is 463 g/mol. The number of hydrogen-bond donors (Lipinski definition) is 2. The number of aryl methyl sites for hydroxylation is 1. The summed E-state index contributed by atoms with van der Waals surface area (Å²) in [7, 11) is 0. The minimum atomic E-state index is -0.645. The second-order valence-corrected chi connectivity index (χ2v) is 9.61. The van der Waals surface area contributed by atoms with Gasteiger partial charge in [-0.25, -0.2) is 9.59 Å². The van der Waals surface area contributed by atoms with Crippen molar-refractivity contribution in [3.8, 4) is 11.1 Å². The molecule has 0 unspecified atom stereocenters. The molecule has 3 aromatic rings. The van der Waals surface area contributed by atoms with Crippen molar-refractivity contribution in [1.82, 2.24) is 5.32 Å². The van der Waals surface area contributed by atoms with E-state index in [1.54, 1.807) is 6.92 Å². The molecule has 1 heterocycles. The lowest BCUT2D eigenvalue weighted by Crippen LogP contribution is -2.43. The van der Waals surface area contributed by atoms with Crippen LogP contribution in [0.15, 0.2) is 61.2 Å². The van der Waals surface area contributed by atoms with E-state index in [1.165, 1.54) is 11.3 Å². The summed E-state index contributed by atoms with van der Waals surface area (Å²) < 4.78 is 5.32. The third kappa shape index (κ3) is 5.52. The zero-order valence-corrected chi connectivity index (χ0v) is 20.6. The lowest BCUT2D eigenvalue weighted by molar-refractivity contribution is 0.0529. The first-order chi connectivity index (χ1) is 15.6. The molecule has 0 saturated carbocycles. The fraction of sp³-hybridized carbons (Fsp3) is 0.259. The summed E-state index contributed by atoms with van der Waals surface area (Å²) in [6.07, 6.45) is 0. The summed E-state index contributed by atoms with van der Waals surface area (Å²) in [5.74, 6) is -0.454. The van der Waals surface area contributed by atoms with E-state index in [4.69, 9.17) is 4.74 Å². The lowest BCUT2D eigenvalue weighted by atomic mass is 9.92. The Morgan fingerprint density at radius 3 is 2.42 bits per heavy atom. The van der Waals surface area contributed by atoms with Crippen molar-refractivity contribution in [2.45, 2.75) is 40.2 Å². The van der Waals surface area contributed by atoms with E-state index in [1.807, 2.05) is 82.3 Å². The largest absolute Gasteiger partial charge is 0.462 e. The molecule has 5 nitrogen and oxygen atoms in total. The molecule has 0 bridgehead atoms. The number of ether oxygens (including phenoxy) is 1. The maximum atomic E-state index is 13.0. The van der Waals surface area contributed by atoms with E-state index in [2.05, 4.69) is 17.2 Å². The van der Waals surface area contributed by atoms with E-state index in [-0.39, 0.29) is 6.61 Å². The molecule has 0 aliphatic rings. The second kappa shape index (κ2) is 10.0. The van der Waals surface area contributed by atoms with Crippen LogP contribution in [0.4, 0.5) is 9.80 Å². The highest BCUT2D eigenvalue weighted by molar-refractivity contribution is 7.17. The Kier molecular flexibility index (Phi) is 7.39. The van der Waals surface area contributed by atoms with Crippen molar-refractivity contribution in [1.29, 1.82) is 0 Å². The Morgan fingerprint density at radius 2 is 1.79 bits per heavy atom. The van der Waals surface area contributed by atoms with Gasteiger partial charge in [0.05, 0.1) is 12.1 Å². The highest BCUT2D eigenvalue weighted by atomic mass is 32.1. The molecule has 2 aromatic carbocycles. The highest BCUT2D eigenvalue weighted by Crippen LogP contribution is 2.40. The van der Waals surface area contributed by atoms with Crippen molar-refractivity contribution in [3.63, 3.8) is 0 Å². The third-order valence-corrected chi connectivity index (χ3v) is 6.38. The fourth-order valence-corrected chi connectivity index (χ4v) is 4.71. The highest BCUT2D eigenvalue weighted by Gasteiger charge is 2.28. The number of carbonyl (C=O) groups excluding carboxylic acids is 2. The van der Waals surface area contributed by atoms with Gasteiger partial charge in [-0.15, -0.1) is 11.3 Å². The molecule has 0 atom stereocenters. The van der Waals surface area contributed by atoms with E-state index in [0.29, 0.717) is 10.6 Å². The van der Waals surface area contributed by atoms with Gasteiger partial charge < -0.3 is 10.1 Å². The van der Waals surface area contributed by atoms with Crippen LogP contribution in [0, 0.1) is 6.92 Å². The number of benzene rings is 2. The van der Waals surface area contributed by atoms with Crippen LogP contribution in [-0.2, 0) is 10.3 Å². The molecule has 2 amide bonds. The SMILES string of the molecule is C=C(C)c1cccc(C(C)(C)NC(=O)Nc2sc(C)c(-c3ccccc3)c2C(=O)OCC)c1. The monoisotopic (exact) mass is 462 g/mol. The van der Waals surface area contributed by atoms with Gasteiger partial charge in [0.15, 0.2) is 0 Å². The van der Waals surface area contributed by atoms with E-state index >= 15 is 0 Å². The molecule has 0 aliphatic heterocycles. The number of esters is 1. The lowest BCUT2D eigenvalue weighted by Gasteiger charge is -2.27. The van der Waals surface area contributed by atoms with Crippen LogP contribution in [0.25, 0.3) is 16.7 Å². The molecule has 172 valence electrons. The fourth-order valence-electron chi connectivity index (χ4n) is 3.65. The van der Waals surface area contributed by atoms with Gasteiger partial charge >= 0.3 is 12.0 Å². The van der Waals surface area contributed by atoms with E-state index < -0.39 is 17.5 Å². The second-order valence-electron chi connectivity index (χ2n) is 8.39. The van der Waals surface area contributed by atoms with Crippen LogP contribution in [0.5, 0.6) is 0 Å². The number of rotatable bonds is 7. The Hall–Kier alpha value is -3.38. The van der Waals surface area contributed by atoms with Gasteiger partial charge in [0, 0.05) is 10.4 Å². The smallest absolute Gasteiger partial charge is 0.341 e. The van der Waals surface area contributed by atoms with Crippen molar-refractivity contribution in [2.24, 2.45) is 0 Å². The maximum absolute atomic E-state index is 13.0. The van der Waals surface area contributed by atoms with Gasteiger partial charge in [0.2, 0.25) is 0 Å². The maximum Gasteiger partial charge on any atom is 0.341 e. The van der Waals surface area contributed by atoms with Gasteiger partial charge in [-0.3, -0.25) is 5.32 Å². The first kappa shape index (κ1) is 24.3. The van der Waals surface area contributed by atoms with Gasteiger partial charge in [-0.05, 0) is 57.4 Å². The van der Waals surface area contributed by atoms with Gasteiger partial charge in [0.25, 0.3) is 0 Å². The molecule has 0 fully saturated rings. The first-order valence-corrected chi connectivity index (χ1v) is 11.7. The molecular weight excluding hydrogens is 432 g/mol. The number of amides is 2. The minimum Gasteiger partial charge on any atom is -0.462 e. The zero-order chi connectivity index (χ0) is 24.2. The number of thiophene rings is 1. The van der Waals surface area contributed by atoms with E-state index in [9.17, 15) is 9.59 Å². The van der Waals surface area contributed by atoms with Crippen LogP contribution >= 0.6 is 11.3 Å². The summed E-state index contributed by atoms with van der Waals surface area (Å²) in [6, 6.07) is 17.2. The third-order valence-electron chi connectivity index (χ3n) is 5.36. The Balaban J connectivity index is 1.91. The van der Waals surface area contributed by atoms with Crippen LogP contribution in [0.1, 0.15) is 54.1 Å². The zero-order valence-electron chi connectivity index (χ0n) is 19.7. The van der Waals surface area contributed by atoms with Gasteiger partial charge in [-0.2, -0.15) is 0 Å². The summed E-state index contributed by atoms with van der Waals surface area (Å²) >= 11 is 1.36. The van der Waals surface area contributed by atoms with Crippen molar-refractivity contribution < 1.29 is 14.3 Å². The summed E-state index contributed by atoms with van der Waals surface area (Å²) in [5.41, 5.74) is 4.35. The van der Waals surface area contributed by atoms with Crippen LogP contribution < -0.4 is 10.6 Å². The van der Waals surface area contributed by atoms with Crippen LogP contribution in [0.3, 0.4) is 0 Å². The topological polar surface area (TPSA) is 67.4 Å². The summed E-state index contributed by atoms with van der Waals surface area (Å²) in [5, 5.41) is 6.39. The number of carbonyl (C=O) groups is 2. The Labute approximate surface area is 199 Å². The van der Waals surface area contributed by atoms with Crippen molar-refractivity contribution >= 4 is 33.9 Å². The van der Waals surface area contributed by atoms with Crippen LogP contribution in [0.2, 0.25) is 0 Å². The average Bonchev–Trinajstić information content (AvgIpc) is 3.09. The van der Waals surface area contributed by atoms with Crippen molar-refractivity contribution in [2.75, 3.05) is 11.9 Å². The Bertz CT molecular complexity index is 1180. The standard InChI is InChI=1S/C27H30N2O3S/c1-7-32-25(30)23-22(19-12-9-8-10-13-19)18(4)33-24(23)28-26(31)29-27(5,6)21-15-11-14-20(16-21)17(2)3/h8-16H,2,7H2,1,3-6H3,(H2,28,29,31). The predicted molar refractivity (Wildman–Crippen MR) is 137 cm³/mol. The molecule has 2 N–H and O–H groups in total. The first-order valence-electron chi connectivity index (χ1n) is 10.9. The molecule has 6 heteroatoms. The normalized spacial score (nSPS) is 11.1. The summed E-state index contributed by atoms with van der Waals surface area (Å²) in [6.45, 7) is 13.8. The quantitative estimate of drug-likeness (QED) is 0.372. The number of hydrogen-bond acceptors (Lipinski definition) is 4. The number of anilines is 1. The van der Waals surface area contributed by atoms with Crippen molar-refractivity contribution in [3.05, 3.63) is 82.7 Å².